The number of piperidine rings is 1. The number of hydrogen-bond donors (Lipinski definition) is 1. The predicted octanol–water partition coefficient (Wildman–Crippen LogP) is 3.55. The van der Waals surface area contributed by atoms with Crippen molar-refractivity contribution in [1.82, 2.24) is 29.9 Å². The third kappa shape index (κ3) is 6.01. The van der Waals surface area contributed by atoms with Gasteiger partial charge in [0.2, 0.25) is 11.8 Å². The topological polar surface area (TPSA) is 83.4 Å². The number of carbonyl (C=O) groups excluding carboxylic acids is 2. The van der Waals surface area contributed by atoms with Gasteiger partial charge < -0.3 is 10.2 Å². The lowest BCUT2D eigenvalue weighted by Crippen LogP contribution is -2.59. The largest absolute Gasteiger partial charge is 0.343 e. The summed E-state index contributed by atoms with van der Waals surface area (Å²) in [4.78, 5) is 35.0. The minimum absolute atomic E-state index is 0.0169. The van der Waals surface area contributed by atoms with Crippen LogP contribution in [0.1, 0.15) is 56.9 Å². The molecule has 2 saturated heterocycles. The van der Waals surface area contributed by atoms with Crippen molar-refractivity contribution in [2.75, 3.05) is 26.7 Å². The second-order valence-electron chi connectivity index (χ2n) is 11.3. The molecule has 5 rings (SSSR count). The van der Waals surface area contributed by atoms with Crippen LogP contribution in [-0.2, 0) is 22.6 Å². The molecule has 1 aromatic heterocycles. The summed E-state index contributed by atoms with van der Waals surface area (Å²) < 4.78 is 1.98. The lowest BCUT2D eigenvalue weighted by molar-refractivity contribution is -0.141. The highest BCUT2D eigenvalue weighted by Crippen LogP contribution is 2.47. The third-order valence-corrected chi connectivity index (χ3v) is 9.30. The molecule has 2 amide bonds. The average molecular weight is 527 g/mol. The number of amides is 2. The fraction of sp³-hybridized carbons (Fsp3) is 0.643. The minimum Gasteiger partial charge on any atom is -0.343 e. The molecule has 37 heavy (non-hydrogen) atoms. The van der Waals surface area contributed by atoms with Crippen LogP contribution in [0.15, 0.2) is 36.9 Å². The van der Waals surface area contributed by atoms with Crippen LogP contribution in [0, 0.1) is 11.3 Å². The maximum absolute atomic E-state index is 13.9. The molecule has 0 unspecified atom stereocenters. The van der Waals surface area contributed by atoms with Crippen LogP contribution in [-0.4, -0.2) is 75.1 Å². The molecule has 2 atom stereocenters. The SMILES string of the molecule is CN1CC[C@H]1C(=O)N[C@H](Cc1ccc(Cl)cc1)C(=O)N1CCC(Cn2cncn2)(C2CCCCC2)CC1. The fourth-order valence-electron chi connectivity index (χ4n) is 6.61. The van der Waals surface area contributed by atoms with Crippen LogP contribution in [0.3, 0.4) is 0 Å². The first-order valence-corrected chi connectivity index (χ1v) is 14.2. The maximum atomic E-state index is 13.9. The van der Waals surface area contributed by atoms with Crippen molar-refractivity contribution in [2.45, 2.75) is 76.4 Å². The van der Waals surface area contributed by atoms with Crippen molar-refractivity contribution in [3.8, 4) is 0 Å². The molecule has 200 valence electrons. The molecule has 1 saturated carbocycles. The highest BCUT2D eigenvalue weighted by atomic mass is 35.5. The molecule has 0 radical (unpaired) electrons. The zero-order valence-electron chi connectivity index (χ0n) is 21.8. The Morgan fingerprint density at radius 1 is 1.08 bits per heavy atom. The highest BCUT2D eigenvalue weighted by Gasteiger charge is 2.44. The highest BCUT2D eigenvalue weighted by molar-refractivity contribution is 6.30. The van der Waals surface area contributed by atoms with Gasteiger partial charge in [-0.25, -0.2) is 4.98 Å². The Labute approximate surface area is 224 Å². The Hall–Kier alpha value is -2.45. The summed E-state index contributed by atoms with van der Waals surface area (Å²) in [6.45, 7) is 3.19. The Balaban J connectivity index is 1.29. The van der Waals surface area contributed by atoms with Gasteiger partial charge in [0.15, 0.2) is 0 Å². The summed E-state index contributed by atoms with van der Waals surface area (Å²) >= 11 is 6.08. The zero-order valence-corrected chi connectivity index (χ0v) is 22.6. The number of likely N-dealkylation sites (tertiary alicyclic amines) is 2. The predicted molar refractivity (Wildman–Crippen MR) is 143 cm³/mol. The fourth-order valence-corrected chi connectivity index (χ4v) is 6.74. The molecular formula is C28H39ClN6O2. The molecule has 9 heteroatoms. The van der Waals surface area contributed by atoms with E-state index >= 15 is 0 Å². The lowest BCUT2D eigenvalue weighted by atomic mass is 9.63. The summed E-state index contributed by atoms with van der Waals surface area (Å²) in [7, 11) is 1.95. The van der Waals surface area contributed by atoms with E-state index in [0.717, 1.165) is 37.9 Å². The number of aromatic nitrogens is 3. The zero-order chi connectivity index (χ0) is 25.8. The van der Waals surface area contributed by atoms with Gasteiger partial charge in [0.05, 0.1) is 6.04 Å². The second kappa shape index (κ2) is 11.5. The Bertz CT molecular complexity index is 1050. The first kappa shape index (κ1) is 26.2. The normalized spacial score (nSPS) is 23.3. The maximum Gasteiger partial charge on any atom is 0.245 e. The molecule has 3 heterocycles. The number of nitrogens with zero attached hydrogens (tertiary/aromatic N) is 5. The van der Waals surface area contributed by atoms with Gasteiger partial charge in [-0.05, 0) is 68.2 Å². The standard InChI is InChI=1S/C28H39ClN6O2/c1-33-14-11-25(33)26(36)32-24(17-21-7-9-23(29)10-8-21)27(37)34-15-12-28(13-16-34,18-35-20-30-19-31-35)22-5-3-2-4-6-22/h7-10,19-20,22,24-25H,2-6,11-18H2,1H3,(H,32,36)/t24-,25+/m1/s1. The smallest absolute Gasteiger partial charge is 0.245 e. The van der Waals surface area contributed by atoms with E-state index in [0.29, 0.717) is 30.5 Å². The van der Waals surface area contributed by atoms with Gasteiger partial charge in [-0.1, -0.05) is 43.0 Å². The molecule has 0 spiro atoms. The Morgan fingerprint density at radius 3 is 2.41 bits per heavy atom. The van der Waals surface area contributed by atoms with E-state index in [1.807, 2.05) is 52.1 Å². The molecular weight excluding hydrogens is 488 g/mol. The Kier molecular flexibility index (Phi) is 8.15. The van der Waals surface area contributed by atoms with Crippen LogP contribution in [0.2, 0.25) is 5.02 Å². The molecule has 3 aliphatic rings. The van der Waals surface area contributed by atoms with E-state index in [2.05, 4.69) is 15.4 Å². The number of nitrogens with one attached hydrogen (secondary N) is 1. The molecule has 3 fully saturated rings. The first-order valence-electron chi connectivity index (χ1n) is 13.8. The molecule has 1 N–H and O–H groups in total. The lowest BCUT2D eigenvalue weighted by Gasteiger charge is -2.48. The number of halogens is 1. The quantitative estimate of drug-likeness (QED) is 0.568. The van der Waals surface area contributed by atoms with Gasteiger partial charge >= 0.3 is 0 Å². The van der Waals surface area contributed by atoms with Crippen molar-refractivity contribution in [1.29, 1.82) is 0 Å². The second-order valence-corrected chi connectivity index (χ2v) is 11.7. The van der Waals surface area contributed by atoms with Gasteiger partial charge in [0.1, 0.15) is 18.7 Å². The van der Waals surface area contributed by atoms with Crippen molar-refractivity contribution >= 4 is 23.4 Å². The molecule has 1 aromatic carbocycles. The van der Waals surface area contributed by atoms with Gasteiger partial charge in [-0.2, -0.15) is 5.10 Å². The van der Waals surface area contributed by atoms with Gasteiger partial charge in [0, 0.05) is 37.6 Å². The van der Waals surface area contributed by atoms with Crippen molar-refractivity contribution < 1.29 is 9.59 Å². The van der Waals surface area contributed by atoms with E-state index < -0.39 is 6.04 Å². The van der Waals surface area contributed by atoms with E-state index in [4.69, 9.17) is 11.6 Å². The van der Waals surface area contributed by atoms with Crippen molar-refractivity contribution in [2.24, 2.45) is 11.3 Å². The summed E-state index contributed by atoms with van der Waals surface area (Å²) in [5.74, 6) is 0.616. The number of benzene rings is 1. The number of hydrogen-bond acceptors (Lipinski definition) is 5. The van der Waals surface area contributed by atoms with Crippen LogP contribution >= 0.6 is 11.6 Å². The van der Waals surface area contributed by atoms with Gasteiger partial charge in [-0.15, -0.1) is 0 Å². The number of likely N-dealkylation sites (N-methyl/N-ethyl adjacent to an activating group) is 1. The Morgan fingerprint density at radius 2 is 1.81 bits per heavy atom. The van der Waals surface area contributed by atoms with E-state index in [-0.39, 0.29) is 23.3 Å². The average Bonchev–Trinajstić information content (AvgIpc) is 3.42. The van der Waals surface area contributed by atoms with Crippen LogP contribution in [0.5, 0.6) is 0 Å². The molecule has 0 bridgehead atoms. The van der Waals surface area contributed by atoms with Crippen LogP contribution < -0.4 is 5.32 Å². The van der Waals surface area contributed by atoms with Gasteiger partial charge in [0.25, 0.3) is 0 Å². The first-order chi connectivity index (χ1) is 17.9. The van der Waals surface area contributed by atoms with Crippen molar-refractivity contribution in [3.05, 3.63) is 47.5 Å². The van der Waals surface area contributed by atoms with E-state index in [1.54, 1.807) is 6.33 Å². The molecule has 2 aliphatic heterocycles. The summed E-state index contributed by atoms with van der Waals surface area (Å²) in [6.07, 6.45) is 13.0. The minimum atomic E-state index is -0.583. The summed E-state index contributed by atoms with van der Waals surface area (Å²) in [5.41, 5.74) is 1.12. The molecule has 8 nitrogen and oxygen atoms in total. The number of carbonyl (C=O) groups is 2. The van der Waals surface area contributed by atoms with E-state index in [1.165, 1.54) is 32.1 Å². The summed E-state index contributed by atoms with van der Waals surface area (Å²) in [5, 5.41) is 8.18. The molecule has 2 aromatic rings. The third-order valence-electron chi connectivity index (χ3n) is 9.04. The van der Waals surface area contributed by atoms with Gasteiger partial charge in [-0.3, -0.25) is 19.2 Å². The van der Waals surface area contributed by atoms with Crippen LogP contribution in [0.25, 0.3) is 0 Å². The monoisotopic (exact) mass is 526 g/mol. The molecule has 1 aliphatic carbocycles. The van der Waals surface area contributed by atoms with E-state index in [9.17, 15) is 9.59 Å². The van der Waals surface area contributed by atoms with Crippen LogP contribution in [0.4, 0.5) is 0 Å². The van der Waals surface area contributed by atoms with Crippen molar-refractivity contribution in [3.63, 3.8) is 0 Å². The number of rotatable bonds is 8. The summed E-state index contributed by atoms with van der Waals surface area (Å²) in [6, 6.07) is 6.82.